The van der Waals surface area contributed by atoms with Crippen molar-refractivity contribution in [3.8, 4) is 0 Å². The Hall–Kier alpha value is -0.780. The van der Waals surface area contributed by atoms with Crippen molar-refractivity contribution in [1.29, 1.82) is 0 Å². The average molecular weight is 287 g/mol. The highest BCUT2D eigenvalue weighted by Crippen LogP contribution is 2.18. The van der Waals surface area contributed by atoms with Gasteiger partial charge >= 0.3 is 0 Å². The summed E-state index contributed by atoms with van der Waals surface area (Å²) >= 11 is 0. The molecule has 5 nitrogen and oxygen atoms in total. The van der Waals surface area contributed by atoms with E-state index >= 15 is 0 Å². The van der Waals surface area contributed by atoms with Crippen LogP contribution in [0.3, 0.4) is 0 Å². The van der Waals surface area contributed by atoms with Gasteiger partial charge in [-0.3, -0.25) is 4.99 Å². The summed E-state index contributed by atoms with van der Waals surface area (Å²) in [4.78, 5) is 6.60. The molecule has 0 amide bonds. The molecule has 0 aliphatic carbocycles. The summed E-state index contributed by atoms with van der Waals surface area (Å²) in [7, 11) is -0.978. The van der Waals surface area contributed by atoms with Gasteiger partial charge in [-0.05, 0) is 31.1 Å². The number of likely N-dealkylation sites (tertiary alicyclic amines) is 1. The maximum atomic E-state index is 11.4. The van der Waals surface area contributed by atoms with Crippen molar-refractivity contribution in [2.24, 2.45) is 16.8 Å². The SMILES string of the molecule is CN=C(NCC1CCS(=O)(=O)C1)N1CCC(C)CC1. The minimum Gasteiger partial charge on any atom is -0.356 e. The van der Waals surface area contributed by atoms with E-state index < -0.39 is 9.84 Å². The lowest BCUT2D eigenvalue weighted by atomic mass is 9.99. The van der Waals surface area contributed by atoms with Gasteiger partial charge in [0.15, 0.2) is 15.8 Å². The standard InChI is InChI=1S/C13H25N3O2S/c1-11-3-6-16(7-4-11)13(14-2)15-9-12-5-8-19(17,18)10-12/h11-12H,3-10H2,1-2H3,(H,14,15). The van der Waals surface area contributed by atoms with Crippen LogP contribution in [-0.2, 0) is 9.84 Å². The van der Waals surface area contributed by atoms with Crippen molar-refractivity contribution in [2.75, 3.05) is 38.2 Å². The topological polar surface area (TPSA) is 61.8 Å². The first-order chi connectivity index (χ1) is 9.00. The normalized spacial score (nSPS) is 28.6. The Bertz CT molecular complexity index is 425. The average Bonchev–Trinajstić information content (AvgIpc) is 2.72. The lowest BCUT2D eigenvalue weighted by Crippen LogP contribution is -2.46. The minimum atomic E-state index is -2.78. The fraction of sp³-hybridized carbons (Fsp3) is 0.923. The van der Waals surface area contributed by atoms with E-state index in [0.29, 0.717) is 11.5 Å². The van der Waals surface area contributed by atoms with Gasteiger partial charge in [0.2, 0.25) is 0 Å². The zero-order chi connectivity index (χ0) is 13.9. The number of aliphatic imine (C=N–C) groups is 1. The zero-order valence-corrected chi connectivity index (χ0v) is 12.7. The summed E-state index contributed by atoms with van der Waals surface area (Å²) in [5.74, 6) is 2.64. The van der Waals surface area contributed by atoms with E-state index in [9.17, 15) is 8.42 Å². The number of sulfone groups is 1. The van der Waals surface area contributed by atoms with E-state index in [-0.39, 0.29) is 5.92 Å². The predicted octanol–water partition coefficient (Wildman–Crippen LogP) is 0.728. The smallest absolute Gasteiger partial charge is 0.193 e. The molecule has 0 aromatic heterocycles. The van der Waals surface area contributed by atoms with Crippen LogP contribution in [-0.4, -0.2) is 57.5 Å². The van der Waals surface area contributed by atoms with E-state index in [2.05, 4.69) is 22.1 Å². The fourth-order valence-corrected chi connectivity index (χ4v) is 4.68. The molecule has 1 N–H and O–H groups in total. The minimum absolute atomic E-state index is 0.241. The molecular weight excluding hydrogens is 262 g/mol. The molecule has 0 spiro atoms. The number of guanidine groups is 1. The molecule has 19 heavy (non-hydrogen) atoms. The lowest BCUT2D eigenvalue weighted by Gasteiger charge is -2.33. The largest absolute Gasteiger partial charge is 0.356 e. The van der Waals surface area contributed by atoms with Crippen LogP contribution in [0.15, 0.2) is 4.99 Å². The molecule has 0 radical (unpaired) electrons. The van der Waals surface area contributed by atoms with Crippen LogP contribution in [0.5, 0.6) is 0 Å². The lowest BCUT2D eigenvalue weighted by molar-refractivity contribution is 0.272. The summed E-state index contributed by atoms with van der Waals surface area (Å²) in [5.41, 5.74) is 0. The Morgan fingerprint density at radius 2 is 2.00 bits per heavy atom. The van der Waals surface area contributed by atoms with E-state index in [1.165, 1.54) is 12.8 Å². The van der Waals surface area contributed by atoms with Crippen LogP contribution in [0, 0.1) is 11.8 Å². The molecular formula is C13H25N3O2S. The summed E-state index contributed by atoms with van der Waals surface area (Å²) < 4.78 is 22.8. The van der Waals surface area contributed by atoms with Gasteiger partial charge in [0, 0.05) is 26.7 Å². The Balaban J connectivity index is 1.80. The van der Waals surface area contributed by atoms with Crippen molar-refractivity contribution in [1.82, 2.24) is 10.2 Å². The zero-order valence-electron chi connectivity index (χ0n) is 11.9. The molecule has 0 aromatic rings. The first-order valence-corrected chi connectivity index (χ1v) is 8.98. The van der Waals surface area contributed by atoms with E-state index in [4.69, 9.17) is 0 Å². The van der Waals surface area contributed by atoms with Crippen molar-refractivity contribution in [3.05, 3.63) is 0 Å². The second-order valence-corrected chi connectivity index (χ2v) is 8.10. The second-order valence-electron chi connectivity index (χ2n) is 5.87. The van der Waals surface area contributed by atoms with Crippen LogP contribution in [0.4, 0.5) is 0 Å². The molecule has 110 valence electrons. The maximum absolute atomic E-state index is 11.4. The molecule has 1 atom stereocenters. The quantitative estimate of drug-likeness (QED) is 0.601. The van der Waals surface area contributed by atoms with Gasteiger partial charge in [0.05, 0.1) is 11.5 Å². The highest BCUT2D eigenvalue weighted by molar-refractivity contribution is 7.91. The Morgan fingerprint density at radius 1 is 1.32 bits per heavy atom. The molecule has 0 saturated carbocycles. The molecule has 0 aromatic carbocycles. The van der Waals surface area contributed by atoms with Crippen LogP contribution < -0.4 is 5.32 Å². The van der Waals surface area contributed by atoms with Crippen molar-refractivity contribution >= 4 is 15.8 Å². The third-order valence-electron chi connectivity index (χ3n) is 4.17. The van der Waals surface area contributed by atoms with Gasteiger partial charge in [0.25, 0.3) is 0 Å². The van der Waals surface area contributed by atoms with Gasteiger partial charge in [-0.1, -0.05) is 6.92 Å². The summed E-state index contributed by atoms with van der Waals surface area (Å²) in [6.07, 6.45) is 3.19. The molecule has 0 bridgehead atoms. The molecule has 2 rings (SSSR count). The van der Waals surface area contributed by atoms with E-state index in [1.54, 1.807) is 7.05 Å². The third kappa shape index (κ3) is 4.09. The Kier molecular flexibility index (Phi) is 4.71. The summed E-state index contributed by atoms with van der Waals surface area (Å²) in [6.45, 7) is 5.10. The molecule has 2 heterocycles. The van der Waals surface area contributed by atoms with E-state index in [1.807, 2.05) is 0 Å². The van der Waals surface area contributed by atoms with Crippen molar-refractivity contribution in [3.63, 3.8) is 0 Å². The van der Waals surface area contributed by atoms with Crippen LogP contribution in [0.25, 0.3) is 0 Å². The van der Waals surface area contributed by atoms with Gasteiger partial charge in [-0.15, -0.1) is 0 Å². The van der Waals surface area contributed by atoms with Gasteiger partial charge in [-0.2, -0.15) is 0 Å². The number of hydrogen-bond donors (Lipinski definition) is 1. The molecule has 6 heteroatoms. The van der Waals surface area contributed by atoms with Gasteiger partial charge in [0.1, 0.15) is 0 Å². The summed E-state index contributed by atoms with van der Waals surface area (Å²) in [6, 6.07) is 0. The van der Waals surface area contributed by atoms with Gasteiger partial charge in [-0.25, -0.2) is 8.42 Å². The first kappa shape index (κ1) is 14.6. The number of hydrogen-bond acceptors (Lipinski definition) is 3. The highest BCUT2D eigenvalue weighted by atomic mass is 32.2. The number of nitrogens with one attached hydrogen (secondary N) is 1. The second kappa shape index (κ2) is 6.11. The Labute approximate surface area is 116 Å². The van der Waals surface area contributed by atoms with Crippen LogP contribution in [0.2, 0.25) is 0 Å². The van der Waals surface area contributed by atoms with Crippen LogP contribution in [0.1, 0.15) is 26.2 Å². The highest BCUT2D eigenvalue weighted by Gasteiger charge is 2.28. The van der Waals surface area contributed by atoms with Crippen molar-refractivity contribution < 1.29 is 8.42 Å². The molecule has 2 aliphatic rings. The molecule has 2 fully saturated rings. The number of piperidine rings is 1. The van der Waals surface area contributed by atoms with Gasteiger partial charge < -0.3 is 10.2 Å². The molecule has 2 aliphatic heterocycles. The fourth-order valence-electron chi connectivity index (χ4n) is 2.82. The monoisotopic (exact) mass is 287 g/mol. The van der Waals surface area contributed by atoms with Crippen molar-refractivity contribution in [2.45, 2.75) is 26.2 Å². The predicted molar refractivity (Wildman–Crippen MR) is 78.1 cm³/mol. The first-order valence-electron chi connectivity index (χ1n) is 7.16. The molecule has 1 unspecified atom stereocenters. The third-order valence-corrected chi connectivity index (χ3v) is 6.01. The molecule has 2 saturated heterocycles. The van der Waals surface area contributed by atoms with Crippen LogP contribution >= 0.6 is 0 Å². The maximum Gasteiger partial charge on any atom is 0.193 e. The number of nitrogens with zero attached hydrogens (tertiary/aromatic N) is 2. The number of rotatable bonds is 2. The Morgan fingerprint density at radius 3 is 2.53 bits per heavy atom. The summed E-state index contributed by atoms with van der Waals surface area (Å²) in [5, 5.41) is 3.35. The van der Waals surface area contributed by atoms with E-state index in [0.717, 1.165) is 37.9 Å².